The van der Waals surface area contributed by atoms with Crippen molar-refractivity contribution in [3.8, 4) is 17.0 Å². The van der Waals surface area contributed by atoms with Crippen molar-refractivity contribution in [3.05, 3.63) is 58.7 Å². The maximum absolute atomic E-state index is 13.4. The summed E-state index contributed by atoms with van der Waals surface area (Å²) in [6, 6.07) is 8.45. The number of hydrogen-bond donors (Lipinski definition) is 0. The van der Waals surface area contributed by atoms with Gasteiger partial charge in [-0.2, -0.15) is 4.31 Å². The fourth-order valence-electron chi connectivity index (χ4n) is 3.28. The molecule has 3 aromatic rings. The second-order valence-corrected chi connectivity index (χ2v) is 10.2. The minimum atomic E-state index is -4.85. The highest BCUT2D eigenvalue weighted by atomic mass is 35.5. The summed E-state index contributed by atoms with van der Waals surface area (Å²) in [5.41, 5.74) is 1.30. The summed E-state index contributed by atoms with van der Waals surface area (Å²) in [7, 11) is -3.87. The maximum Gasteiger partial charge on any atom is 0.573 e. The number of anilines is 1. The molecule has 0 spiro atoms. The van der Waals surface area contributed by atoms with Crippen LogP contribution in [0.4, 0.5) is 22.7 Å². The van der Waals surface area contributed by atoms with E-state index < -0.39 is 28.0 Å². The summed E-state index contributed by atoms with van der Waals surface area (Å²) in [6.45, 7) is 1.12. The van der Waals surface area contributed by atoms with Gasteiger partial charge in [0.2, 0.25) is 10.0 Å². The van der Waals surface area contributed by atoms with E-state index in [4.69, 9.17) is 11.6 Å². The van der Waals surface area contributed by atoms with Gasteiger partial charge in [0, 0.05) is 37.1 Å². The number of alkyl halides is 3. The van der Waals surface area contributed by atoms with Gasteiger partial charge in [-0.25, -0.2) is 17.8 Å². The standard InChI is InChI=1S/C20H16ClF4N3O3S2/c21-16-11-13(1-6-17(16)22)18-12-32-19(26-18)27-7-9-28(10-8-27)33(29,30)15-4-2-14(3-5-15)31-20(23,24)25/h1-6,11-12H,7-10H2. The van der Waals surface area contributed by atoms with Crippen molar-refractivity contribution in [1.82, 2.24) is 9.29 Å². The Morgan fingerprint density at radius 1 is 1.03 bits per heavy atom. The van der Waals surface area contributed by atoms with E-state index in [0.717, 1.165) is 24.3 Å². The van der Waals surface area contributed by atoms with Gasteiger partial charge < -0.3 is 9.64 Å². The predicted octanol–water partition coefficient (Wildman–Crippen LogP) is 5.01. The third kappa shape index (κ3) is 5.40. The molecule has 1 saturated heterocycles. The molecule has 0 aliphatic carbocycles. The summed E-state index contributed by atoms with van der Waals surface area (Å²) in [5, 5.41) is 2.50. The molecule has 0 radical (unpaired) electrons. The predicted molar refractivity (Wildman–Crippen MR) is 117 cm³/mol. The molecule has 0 unspecified atom stereocenters. The number of benzene rings is 2. The molecule has 1 aliphatic heterocycles. The fraction of sp³-hybridized carbons (Fsp3) is 0.250. The number of rotatable bonds is 5. The molecular formula is C20H16ClF4N3O3S2. The summed E-state index contributed by atoms with van der Waals surface area (Å²) in [4.78, 5) is 6.37. The van der Waals surface area contributed by atoms with Crippen LogP contribution in [0.25, 0.3) is 11.3 Å². The molecule has 1 aliphatic rings. The van der Waals surface area contributed by atoms with Crippen LogP contribution in [-0.4, -0.2) is 50.2 Å². The Balaban J connectivity index is 1.41. The molecule has 2 aromatic carbocycles. The van der Waals surface area contributed by atoms with Gasteiger partial charge in [-0.1, -0.05) is 11.6 Å². The lowest BCUT2D eigenvalue weighted by Crippen LogP contribution is -2.48. The first-order chi connectivity index (χ1) is 15.5. The van der Waals surface area contributed by atoms with Crippen molar-refractivity contribution in [2.24, 2.45) is 0 Å². The summed E-state index contributed by atoms with van der Waals surface area (Å²) >= 11 is 7.21. The van der Waals surface area contributed by atoms with Crippen LogP contribution in [0.5, 0.6) is 5.75 Å². The van der Waals surface area contributed by atoms with Crippen molar-refractivity contribution in [2.75, 3.05) is 31.1 Å². The number of ether oxygens (including phenoxy) is 1. The second kappa shape index (κ2) is 9.09. The first-order valence-electron chi connectivity index (χ1n) is 9.55. The Morgan fingerprint density at radius 2 is 1.70 bits per heavy atom. The second-order valence-electron chi connectivity index (χ2n) is 7.05. The number of sulfonamides is 1. The zero-order valence-electron chi connectivity index (χ0n) is 16.7. The van der Waals surface area contributed by atoms with Crippen molar-refractivity contribution in [2.45, 2.75) is 11.3 Å². The van der Waals surface area contributed by atoms with E-state index >= 15 is 0 Å². The lowest BCUT2D eigenvalue weighted by molar-refractivity contribution is -0.274. The quantitative estimate of drug-likeness (QED) is 0.442. The van der Waals surface area contributed by atoms with Crippen molar-refractivity contribution < 1.29 is 30.7 Å². The molecule has 33 heavy (non-hydrogen) atoms. The third-order valence-electron chi connectivity index (χ3n) is 4.91. The monoisotopic (exact) mass is 521 g/mol. The van der Waals surface area contributed by atoms with E-state index in [1.165, 1.54) is 27.8 Å². The molecule has 176 valence electrons. The lowest BCUT2D eigenvalue weighted by Gasteiger charge is -2.33. The van der Waals surface area contributed by atoms with Gasteiger partial charge in [-0.3, -0.25) is 0 Å². The third-order valence-corrected chi connectivity index (χ3v) is 8.02. The largest absolute Gasteiger partial charge is 0.573 e. The zero-order chi connectivity index (χ0) is 23.8. The average Bonchev–Trinajstić information content (AvgIpc) is 3.25. The molecule has 13 heteroatoms. The normalized spacial score (nSPS) is 15.6. The minimum Gasteiger partial charge on any atom is -0.406 e. The van der Waals surface area contributed by atoms with Crippen LogP contribution in [0.1, 0.15) is 0 Å². The Labute approximate surface area is 196 Å². The minimum absolute atomic E-state index is 0.00104. The van der Waals surface area contributed by atoms with Crippen LogP contribution in [0, 0.1) is 5.82 Å². The van der Waals surface area contributed by atoms with E-state index in [9.17, 15) is 26.0 Å². The Bertz CT molecular complexity index is 1240. The molecule has 0 saturated carbocycles. The Morgan fingerprint density at radius 3 is 2.30 bits per heavy atom. The van der Waals surface area contributed by atoms with Gasteiger partial charge >= 0.3 is 6.36 Å². The molecular weight excluding hydrogens is 506 g/mol. The first kappa shape index (κ1) is 23.7. The molecule has 0 atom stereocenters. The van der Waals surface area contributed by atoms with Crippen molar-refractivity contribution >= 4 is 38.1 Å². The van der Waals surface area contributed by atoms with Gasteiger partial charge in [0.05, 0.1) is 15.6 Å². The SMILES string of the molecule is O=S(=O)(c1ccc(OC(F)(F)F)cc1)N1CCN(c2nc(-c3ccc(F)c(Cl)c3)cs2)CC1. The van der Waals surface area contributed by atoms with Crippen LogP contribution in [0.2, 0.25) is 5.02 Å². The molecule has 4 rings (SSSR count). The Hall–Kier alpha value is -2.41. The molecule has 6 nitrogen and oxygen atoms in total. The Kier molecular flexibility index (Phi) is 6.54. The lowest BCUT2D eigenvalue weighted by atomic mass is 10.2. The summed E-state index contributed by atoms with van der Waals surface area (Å²) in [6.07, 6.45) is -4.85. The number of halogens is 5. The van der Waals surface area contributed by atoms with Crippen LogP contribution in [0.3, 0.4) is 0 Å². The average molecular weight is 522 g/mol. The first-order valence-corrected chi connectivity index (χ1v) is 12.2. The van der Waals surface area contributed by atoms with Crippen molar-refractivity contribution in [1.29, 1.82) is 0 Å². The number of thiazole rings is 1. The highest BCUT2D eigenvalue weighted by molar-refractivity contribution is 7.89. The zero-order valence-corrected chi connectivity index (χ0v) is 19.1. The van der Waals surface area contributed by atoms with Gasteiger partial charge in [-0.15, -0.1) is 24.5 Å². The van der Waals surface area contributed by atoms with E-state index in [1.54, 1.807) is 6.07 Å². The van der Waals surface area contributed by atoms with E-state index in [0.29, 0.717) is 29.5 Å². The molecule has 0 bridgehead atoms. The van der Waals surface area contributed by atoms with Crippen LogP contribution in [0.15, 0.2) is 52.7 Å². The van der Waals surface area contributed by atoms with E-state index in [2.05, 4.69) is 9.72 Å². The highest BCUT2D eigenvalue weighted by Gasteiger charge is 2.32. The van der Waals surface area contributed by atoms with Gasteiger partial charge in [0.15, 0.2) is 5.13 Å². The van der Waals surface area contributed by atoms with E-state index in [-0.39, 0.29) is 23.0 Å². The number of nitrogens with zero attached hydrogens (tertiary/aromatic N) is 3. The summed E-state index contributed by atoms with van der Waals surface area (Å²) in [5.74, 6) is -1.01. The topological polar surface area (TPSA) is 62.7 Å². The highest BCUT2D eigenvalue weighted by Crippen LogP contribution is 2.31. The molecule has 2 heterocycles. The van der Waals surface area contributed by atoms with Gasteiger partial charge in [0.1, 0.15) is 11.6 Å². The smallest absolute Gasteiger partial charge is 0.406 e. The maximum atomic E-state index is 13.4. The van der Waals surface area contributed by atoms with Crippen LogP contribution < -0.4 is 9.64 Å². The van der Waals surface area contributed by atoms with Crippen LogP contribution >= 0.6 is 22.9 Å². The summed E-state index contributed by atoms with van der Waals surface area (Å²) < 4.78 is 81.1. The number of piperazine rings is 1. The van der Waals surface area contributed by atoms with Crippen LogP contribution in [-0.2, 0) is 10.0 Å². The number of hydrogen-bond acceptors (Lipinski definition) is 6. The van der Waals surface area contributed by atoms with E-state index in [1.807, 2.05) is 10.3 Å². The molecule has 0 amide bonds. The van der Waals surface area contributed by atoms with Gasteiger partial charge in [-0.05, 0) is 42.5 Å². The van der Waals surface area contributed by atoms with Gasteiger partial charge in [0.25, 0.3) is 0 Å². The molecule has 0 N–H and O–H groups in total. The molecule has 1 fully saturated rings. The van der Waals surface area contributed by atoms with Crippen molar-refractivity contribution in [3.63, 3.8) is 0 Å². The fourth-order valence-corrected chi connectivity index (χ4v) is 5.77. The number of aromatic nitrogens is 1. The molecule has 1 aromatic heterocycles.